The average molecular weight is 386 g/mol. The summed E-state index contributed by atoms with van der Waals surface area (Å²) >= 11 is 7.27. The van der Waals surface area contributed by atoms with E-state index in [9.17, 15) is 0 Å². The van der Waals surface area contributed by atoms with Gasteiger partial charge in [-0.3, -0.25) is 4.90 Å². The molecule has 1 saturated heterocycles. The van der Waals surface area contributed by atoms with Gasteiger partial charge in [-0.05, 0) is 61.4 Å². The first-order chi connectivity index (χ1) is 12.8. The highest BCUT2D eigenvalue weighted by molar-refractivity contribution is 7.99. The summed E-state index contributed by atoms with van der Waals surface area (Å²) < 4.78 is 0. The van der Waals surface area contributed by atoms with Gasteiger partial charge in [0.15, 0.2) is 5.11 Å². The van der Waals surface area contributed by atoms with Crippen molar-refractivity contribution in [1.29, 1.82) is 0 Å². The van der Waals surface area contributed by atoms with Crippen LogP contribution in [0.3, 0.4) is 0 Å². The summed E-state index contributed by atoms with van der Waals surface area (Å²) in [6, 6.07) is 19.1. The fourth-order valence-electron chi connectivity index (χ4n) is 3.15. The second-order valence-corrected chi connectivity index (χ2v) is 8.10. The van der Waals surface area contributed by atoms with Gasteiger partial charge in [-0.2, -0.15) is 0 Å². The predicted octanol–water partition coefficient (Wildman–Crippen LogP) is 4.04. The van der Waals surface area contributed by atoms with Gasteiger partial charge >= 0.3 is 0 Å². The number of likely N-dealkylation sites (tertiary alicyclic amines) is 1. The third kappa shape index (κ3) is 6.31. The van der Waals surface area contributed by atoms with Gasteiger partial charge in [0.2, 0.25) is 0 Å². The van der Waals surface area contributed by atoms with E-state index < -0.39 is 0 Å². The van der Waals surface area contributed by atoms with Crippen LogP contribution >= 0.6 is 24.0 Å². The van der Waals surface area contributed by atoms with E-state index in [1.807, 2.05) is 17.8 Å². The largest absolute Gasteiger partial charge is 0.362 e. The first kappa shape index (κ1) is 19.2. The molecule has 2 aromatic carbocycles. The van der Waals surface area contributed by atoms with Crippen LogP contribution in [0.1, 0.15) is 24.0 Å². The van der Waals surface area contributed by atoms with Crippen LogP contribution in [0.4, 0.5) is 0 Å². The summed E-state index contributed by atoms with van der Waals surface area (Å²) in [5.74, 6) is 0.997. The molecule has 0 amide bonds. The molecule has 0 aliphatic carbocycles. The van der Waals surface area contributed by atoms with Crippen LogP contribution in [-0.2, 0) is 13.1 Å². The molecular formula is C21H27N3S2. The molecule has 0 radical (unpaired) electrons. The molecule has 0 saturated carbocycles. The topological polar surface area (TPSA) is 27.3 Å². The molecule has 0 aromatic heterocycles. The molecule has 138 valence electrons. The lowest BCUT2D eigenvalue weighted by molar-refractivity contribution is 0.330. The van der Waals surface area contributed by atoms with Crippen LogP contribution < -0.4 is 10.6 Å². The van der Waals surface area contributed by atoms with Crippen molar-refractivity contribution in [2.24, 2.45) is 0 Å². The molecule has 1 fully saturated rings. The standard InChI is InChI=1S/C21H27N3S2/c25-21(22-12-15-26-20-10-2-1-3-11-20)23-16-18-8-4-5-9-19(18)17-24-13-6-7-14-24/h1-5,8-11H,6-7,12-17H2,(H2,22,23,25). The van der Waals surface area contributed by atoms with Crippen molar-refractivity contribution in [1.82, 2.24) is 15.5 Å². The number of nitrogens with zero attached hydrogens (tertiary/aromatic N) is 1. The van der Waals surface area contributed by atoms with Crippen molar-refractivity contribution >= 4 is 29.1 Å². The Morgan fingerprint density at radius 2 is 1.62 bits per heavy atom. The molecule has 5 heteroatoms. The minimum absolute atomic E-state index is 0.731. The van der Waals surface area contributed by atoms with Crippen LogP contribution in [0.2, 0.25) is 0 Å². The van der Waals surface area contributed by atoms with E-state index in [0.717, 1.165) is 30.5 Å². The number of rotatable bonds is 8. The SMILES string of the molecule is S=C(NCCSc1ccccc1)NCc1ccccc1CN1CCCC1. The lowest BCUT2D eigenvalue weighted by Gasteiger charge is -2.18. The maximum absolute atomic E-state index is 5.43. The van der Waals surface area contributed by atoms with Crippen LogP contribution in [0.15, 0.2) is 59.5 Å². The van der Waals surface area contributed by atoms with Crippen molar-refractivity contribution in [3.8, 4) is 0 Å². The summed E-state index contributed by atoms with van der Waals surface area (Å²) in [4.78, 5) is 3.83. The molecule has 26 heavy (non-hydrogen) atoms. The Hall–Kier alpha value is -1.56. The molecule has 0 spiro atoms. The van der Waals surface area contributed by atoms with E-state index in [2.05, 4.69) is 64.1 Å². The monoisotopic (exact) mass is 385 g/mol. The Bertz CT molecular complexity index is 685. The van der Waals surface area contributed by atoms with Crippen molar-refractivity contribution in [3.05, 3.63) is 65.7 Å². The molecule has 2 aromatic rings. The van der Waals surface area contributed by atoms with Gasteiger partial charge in [-0.25, -0.2) is 0 Å². The summed E-state index contributed by atoms with van der Waals surface area (Å²) in [6.45, 7) is 5.13. The predicted molar refractivity (Wildman–Crippen MR) is 116 cm³/mol. The molecule has 0 unspecified atom stereocenters. The highest BCUT2D eigenvalue weighted by Crippen LogP contribution is 2.17. The molecule has 0 atom stereocenters. The van der Waals surface area contributed by atoms with E-state index in [0.29, 0.717) is 0 Å². The highest BCUT2D eigenvalue weighted by atomic mass is 32.2. The zero-order valence-corrected chi connectivity index (χ0v) is 16.7. The molecule has 1 aliphatic heterocycles. The van der Waals surface area contributed by atoms with Gasteiger partial charge in [0.25, 0.3) is 0 Å². The van der Waals surface area contributed by atoms with Crippen LogP contribution in [0.5, 0.6) is 0 Å². The highest BCUT2D eigenvalue weighted by Gasteiger charge is 2.13. The second kappa shape index (κ2) is 10.6. The Balaban J connectivity index is 1.38. The molecule has 2 N–H and O–H groups in total. The summed E-state index contributed by atoms with van der Waals surface area (Å²) in [5.41, 5.74) is 2.74. The maximum Gasteiger partial charge on any atom is 0.166 e. The number of nitrogens with one attached hydrogen (secondary N) is 2. The van der Waals surface area contributed by atoms with Gasteiger partial charge in [0.1, 0.15) is 0 Å². The van der Waals surface area contributed by atoms with Crippen molar-refractivity contribution < 1.29 is 0 Å². The molecule has 1 heterocycles. The zero-order chi connectivity index (χ0) is 18.0. The third-order valence-electron chi connectivity index (χ3n) is 4.55. The summed E-state index contributed by atoms with van der Waals surface area (Å²) in [5, 5.41) is 7.39. The van der Waals surface area contributed by atoms with Crippen LogP contribution in [-0.4, -0.2) is 35.4 Å². The fraction of sp³-hybridized carbons (Fsp3) is 0.381. The van der Waals surface area contributed by atoms with Gasteiger partial charge in [-0.15, -0.1) is 11.8 Å². The smallest absolute Gasteiger partial charge is 0.166 e. The van der Waals surface area contributed by atoms with Crippen LogP contribution in [0.25, 0.3) is 0 Å². The van der Waals surface area contributed by atoms with Gasteiger partial charge in [0.05, 0.1) is 0 Å². The van der Waals surface area contributed by atoms with E-state index >= 15 is 0 Å². The summed E-state index contributed by atoms with van der Waals surface area (Å²) in [7, 11) is 0. The van der Waals surface area contributed by atoms with Crippen molar-refractivity contribution in [2.45, 2.75) is 30.8 Å². The van der Waals surface area contributed by atoms with Gasteiger partial charge < -0.3 is 10.6 Å². The fourth-order valence-corrected chi connectivity index (χ4v) is 4.12. The Morgan fingerprint density at radius 1 is 0.923 bits per heavy atom. The first-order valence-corrected chi connectivity index (χ1v) is 10.7. The second-order valence-electron chi connectivity index (χ2n) is 6.52. The van der Waals surface area contributed by atoms with E-state index in [1.54, 1.807) is 0 Å². The third-order valence-corrected chi connectivity index (χ3v) is 5.85. The molecular weight excluding hydrogens is 358 g/mol. The van der Waals surface area contributed by atoms with E-state index in [-0.39, 0.29) is 0 Å². The Morgan fingerprint density at radius 3 is 2.38 bits per heavy atom. The first-order valence-electron chi connectivity index (χ1n) is 9.30. The Labute approximate surface area is 166 Å². The lowest BCUT2D eigenvalue weighted by atomic mass is 10.1. The number of hydrogen-bond donors (Lipinski definition) is 2. The van der Waals surface area contributed by atoms with E-state index in [1.165, 1.54) is 42.0 Å². The van der Waals surface area contributed by atoms with Crippen molar-refractivity contribution in [3.63, 3.8) is 0 Å². The average Bonchev–Trinajstić information content (AvgIpc) is 3.18. The van der Waals surface area contributed by atoms with Gasteiger partial charge in [0, 0.05) is 30.3 Å². The molecule has 3 rings (SSSR count). The lowest BCUT2D eigenvalue weighted by Crippen LogP contribution is -2.36. The summed E-state index contributed by atoms with van der Waals surface area (Å²) in [6.07, 6.45) is 2.66. The normalized spacial score (nSPS) is 14.3. The molecule has 1 aliphatic rings. The molecule has 3 nitrogen and oxygen atoms in total. The number of hydrogen-bond acceptors (Lipinski definition) is 3. The zero-order valence-electron chi connectivity index (χ0n) is 15.1. The maximum atomic E-state index is 5.43. The quantitative estimate of drug-likeness (QED) is 0.406. The Kier molecular flexibility index (Phi) is 7.80. The van der Waals surface area contributed by atoms with Crippen molar-refractivity contribution in [2.75, 3.05) is 25.4 Å². The van der Waals surface area contributed by atoms with Gasteiger partial charge in [-0.1, -0.05) is 42.5 Å². The number of thiocarbonyl (C=S) groups is 1. The number of thioether (sulfide) groups is 1. The molecule has 0 bridgehead atoms. The minimum atomic E-state index is 0.731. The number of benzene rings is 2. The van der Waals surface area contributed by atoms with Crippen LogP contribution in [0, 0.1) is 0 Å². The minimum Gasteiger partial charge on any atom is -0.362 e. The van der Waals surface area contributed by atoms with E-state index in [4.69, 9.17) is 12.2 Å².